The van der Waals surface area contributed by atoms with Gasteiger partial charge in [0.15, 0.2) is 11.3 Å². The molecular formula is C31H36Br2F2N6O3. The highest BCUT2D eigenvalue weighted by Crippen LogP contribution is 2.35. The lowest BCUT2D eigenvalue weighted by Crippen LogP contribution is -2.39. The molecule has 3 aliphatic rings. The van der Waals surface area contributed by atoms with Crippen molar-refractivity contribution >= 4 is 53.7 Å². The van der Waals surface area contributed by atoms with Crippen LogP contribution in [0.25, 0.3) is 21.8 Å². The zero-order chi connectivity index (χ0) is 31.3. The number of halogens is 4. The van der Waals surface area contributed by atoms with Crippen LogP contribution in [0, 0.1) is 0 Å². The second kappa shape index (κ2) is 14.2. The standard InChI is InChI=1S/C14H15BrFN3O.C13H13BrFN3O.C4H8O/c1-19-6-4-14(16,5-7-19)13-17-11-3-2-9(15)8-10(11)12(20)18-13;14-8-1-2-10-9(7-8)11(19)18-12(17-10)13(15)3-5-16-6-4-13;1-2-4-5-3-1/h2-3,8H,4-7H2,1H3,(H,17,18,20);1-2,7,16H,3-6H2,(H,17,18,19);1-4H2. The van der Waals surface area contributed by atoms with E-state index in [2.05, 4.69) is 62.0 Å². The number of alkyl halides is 2. The van der Waals surface area contributed by atoms with E-state index in [1.54, 1.807) is 36.4 Å². The molecule has 0 aliphatic carbocycles. The maximum absolute atomic E-state index is 15.0. The van der Waals surface area contributed by atoms with Gasteiger partial charge in [-0.25, -0.2) is 18.7 Å². The zero-order valence-electron chi connectivity index (χ0n) is 24.5. The summed E-state index contributed by atoms with van der Waals surface area (Å²) in [4.78, 5) is 40.1. The number of rotatable bonds is 2. The predicted octanol–water partition coefficient (Wildman–Crippen LogP) is 5.61. The highest BCUT2D eigenvalue weighted by Gasteiger charge is 2.38. The summed E-state index contributed by atoms with van der Waals surface area (Å²) in [5.41, 5.74) is -2.60. The van der Waals surface area contributed by atoms with Gasteiger partial charge in [0.2, 0.25) is 0 Å². The molecule has 44 heavy (non-hydrogen) atoms. The van der Waals surface area contributed by atoms with E-state index in [9.17, 15) is 18.4 Å². The van der Waals surface area contributed by atoms with Gasteiger partial charge in [-0.2, -0.15) is 0 Å². The van der Waals surface area contributed by atoms with Gasteiger partial charge in [0.05, 0.1) is 21.8 Å². The van der Waals surface area contributed by atoms with E-state index in [1.807, 2.05) is 7.05 Å². The first-order chi connectivity index (χ1) is 21.1. The monoisotopic (exact) mass is 736 g/mol. The summed E-state index contributed by atoms with van der Waals surface area (Å²) in [6, 6.07) is 10.5. The van der Waals surface area contributed by atoms with Crippen LogP contribution in [0.4, 0.5) is 8.78 Å². The number of aromatic nitrogens is 4. The highest BCUT2D eigenvalue weighted by molar-refractivity contribution is 9.10. The molecule has 0 bridgehead atoms. The third-order valence-electron chi connectivity index (χ3n) is 8.19. The Bertz CT molecular complexity index is 1710. The van der Waals surface area contributed by atoms with Gasteiger partial charge < -0.3 is 24.9 Å². The lowest BCUT2D eigenvalue weighted by atomic mass is 9.92. The third kappa shape index (κ3) is 7.79. The number of piperidine rings is 2. The number of hydrogen-bond acceptors (Lipinski definition) is 7. The summed E-state index contributed by atoms with van der Waals surface area (Å²) in [6.07, 6.45) is 3.93. The summed E-state index contributed by atoms with van der Waals surface area (Å²) in [7, 11) is 1.97. The molecular weight excluding hydrogens is 702 g/mol. The third-order valence-corrected chi connectivity index (χ3v) is 9.17. The van der Waals surface area contributed by atoms with E-state index in [4.69, 9.17) is 4.74 Å². The molecule has 0 unspecified atom stereocenters. The Morgan fingerprint density at radius 1 is 0.773 bits per heavy atom. The molecule has 0 saturated carbocycles. The van der Waals surface area contributed by atoms with Gasteiger partial charge in [-0.05, 0) is 69.4 Å². The number of likely N-dealkylation sites (tertiary alicyclic amines) is 1. The molecule has 13 heteroatoms. The van der Waals surface area contributed by atoms with Crippen molar-refractivity contribution in [2.75, 3.05) is 46.4 Å². The van der Waals surface area contributed by atoms with Crippen LogP contribution in [0.1, 0.15) is 50.2 Å². The quantitative estimate of drug-likeness (QED) is 0.245. The molecule has 0 amide bonds. The SMILES string of the molecule is C1CCOC1.CN1CCC(F)(c2nc3ccc(Br)cc3c(=O)[nH]2)CC1.O=c1[nH]c(C2(F)CCNCC2)nc2ccc(Br)cc12. The second-order valence-corrected chi connectivity index (χ2v) is 13.3. The fraction of sp³-hybridized carbons (Fsp3) is 0.484. The number of nitrogens with one attached hydrogen (secondary N) is 3. The van der Waals surface area contributed by atoms with Crippen molar-refractivity contribution in [3.05, 3.63) is 77.7 Å². The fourth-order valence-electron chi connectivity index (χ4n) is 5.43. The molecule has 0 spiro atoms. The summed E-state index contributed by atoms with van der Waals surface area (Å²) in [5.74, 6) is 0.305. The topological polar surface area (TPSA) is 116 Å². The Hall–Kier alpha value is -2.58. The van der Waals surface area contributed by atoms with Gasteiger partial charge in [0.1, 0.15) is 11.6 Å². The number of nitrogens with zero attached hydrogens (tertiary/aromatic N) is 3. The smallest absolute Gasteiger partial charge is 0.258 e. The minimum absolute atomic E-state index is 0.147. The van der Waals surface area contributed by atoms with Crippen LogP contribution in [0.2, 0.25) is 0 Å². The van der Waals surface area contributed by atoms with Crippen molar-refractivity contribution in [3.8, 4) is 0 Å². The molecule has 2 aromatic heterocycles. The number of fused-ring (bicyclic) bond motifs is 2. The molecule has 3 N–H and O–H groups in total. The van der Waals surface area contributed by atoms with Crippen LogP contribution in [0.15, 0.2) is 54.9 Å². The minimum Gasteiger partial charge on any atom is -0.381 e. The molecule has 0 atom stereocenters. The van der Waals surface area contributed by atoms with Gasteiger partial charge in [-0.3, -0.25) is 9.59 Å². The molecule has 5 heterocycles. The van der Waals surface area contributed by atoms with Crippen LogP contribution in [0.5, 0.6) is 0 Å². The lowest BCUT2D eigenvalue weighted by Gasteiger charge is -2.33. The average Bonchev–Trinajstić information content (AvgIpc) is 3.61. The number of ether oxygens (including phenoxy) is 1. The van der Waals surface area contributed by atoms with E-state index in [1.165, 1.54) is 12.8 Å². The van der Waals surface area contributed by atoms with Gasteiger partial charge >= 0.3 is 0 Å². The van der Waals surface area contributed by atoms with Crippen molar-refractivity contribution in [2.24, 2.45) is 0 Å². The summed E-state index contributed by atoms with van der Waals surface area (Å²) >= 11 is 6.63. The van der Waals surface area contributed by atoms with Crippen molar-refractivity contribution < 1.29 is 13.5 Å². The largest absolute Gasteiger partial charge is 0.381 e. The van der Waals surface area contributed by atoms with Gasteiger partial charge in [0.25, 0.3) is 11.1 Å². The molecule has 2 aromatic carbocycles. The summed E-state index contributed by atoms with van der Waals surface area (Å²) in [5, 5.41) is 4.04. The summed E-state index contributed by atoms with van der Waals surface area (Å²) < 4.78 is 36.4. The first kappa shape index (κ1) is 32.8. The molecule has 3 saturated heterocycles. The molecule has 3 aliphatic heterocycles. The second-order valence-electron chi connectivity index (χ2n) is 11.5. The average molecular weight is 738 g/mol. The van der Waals surface area contributed by atoms with Crippen LogP contribution < -0.4 is 16.4 Å². The van der Waals surface area contributed by atoms with Crippen molar-refractivity contribution in [3.63, 3.8) is 0 Å². The molecule has 0 radical (unpaired) electrons. The Morgan fingerprint density at radius 2 is 1.23 bits per heavy atom. The van der Waals surface area contributed by atoms with Gasteiger partial charge in [0, 0.05) is 60.9 Å². The first-order valence-corrected chi connectivity index (χ1v) is 16.4. The number of H-pyrrole nitrogens is 2. The normalized spacial score (nSPS) is 19.6. The highest BCUT2D eigenvalue weighted by atomic mass is 79.9. The number of benzene rings is 2. The van der Waals surface area contributed by atoms with E-state index in [0.29, 0.717) is 73.7 Å². The molecule has 4 aromatic rings. The maximum atomic E-state index is 15.0. The van der Waals surface area contributed by atoms with E-state index in [-0.39, 0.29) is 22.8 Å². The van der Waals surface area contributed by atoms with Crippen LogP contribution in [0.3, 0.4) is 0 Å². The molecule has 9 nitrogen and oxygen atoms in total. The van der Waals surface area contributed by atoms with Crippen molar-refractivity contribution in [2.45, 2.75) is 49.9 Å². The summed E-state index contributed by atoms with van der Waals surface area (Å²) in [6.45, 7) is 4.52. The molecule has 236 valence electrons. The van der Waals surface area contributed by atoms with Crippen molar-refractivity contribution in [1.29, 1.82) is 0 Å². The van der Waals surface area contributed by atoms with E-state index < -0.39 is 11.3 Å². The maximum Gasteiger partial charge on any atom is 0.258 e. The van der Waals surface area contributed by atoms with E-state index >= 15 is 0 Å². The van der Waals surface area contributed by atoms with E-state index in [0.717, 1.165) is 22.2 Å². The van der Waals surface area contributed by atoms with Crippen LogP contribution in [-0.2, 0) is 16.1 Å². The first-order valence-electron chi connectivity index (χ1n) is 14.8. The predicted molar refractivity (Wildman–Crippen MR) is 175 cm³/mol. The Kier molecular flexibility index (Phi) is 10.6. The zero-order valence-corrected chi connectivity index (χ0v) is 27.7. The molecule has 3 fully saturated rings. The Balaban J connectivity index is 0.000000151. The lowest BCUT2D eigenvalue weighted by molar-refractivity contribution is 0.0591. The van der Waals surface area contributed by atoms with Gasteiger partial charge in [-0.15, -0.1) is 0 Å². The minimum atomic E-state index is -1.54. The van der Waals surface area contributed by atoms with Gasteiger partial charge in [-0.1, -0.05) is 31.9 Å². The van der Waals surface area contributed by atoms with Crippen LogP contribution >= 0.6 is 31.9 Å². The Labute approximate surface area is 270 Å². The molecule has 7 rings (SSSR count). The number of hydrogen-bond donors (Lipinski definition) is 3. The van der Waals surface area contributed by atoms with Crippen molar-refractivity contribution in [1.82, 2.24) is 30.2 Å². The fourth-order valence-corrected chi connectivity index (χ4v) is 6.15. The Morgan fingerprint density at radius 3 is 1.66 bits per heavy atom. The van der Waals surface area contributed by atoms with Crippen LogP contribution in [-0.4, -0.2) is 71.3 Å². The number of aromatic amines is 2.